The lowest BCUT2D eigenvalue weighted by molar-refractivity contribution is -0.120. The van der Waals surface area contributed by atoms with Crippen LogP contribution in [0.2, 0.25) is 0 Å². The van der Waals surface area contributed by atoms with Crippen molar-refractivity contribution in [3.63, 3.8) is 0 Å². The predicted octanol–water partition coefficient (Wildman–Crippen LogP) is 3.47. The van der Waals surface area contributed by atoms with E-state index in [4.69, 9.17) is 0 Å². The number of amides is 1. The molecule has 0 radical (unpaired) electrons. The first-order valence-corrected chi connectivity index (χ1v) is 10.4. The molecular formula is C23H23N7O. The number of benzene rings is 1. The molecule has 4 heterocycles. The third-order valence-corrected chi connectivity index (χ3v) is 5.48. The van der Waals surface area contributed by atoms with Crippen molar-refractivity contribution in [3.05, 3.63) is 60.9 Å². The largest absolute Gasteiger partial charge is 0.337 e. The third kappa shape index (κ3) is 4.24. The minimum absolute atomic E-state index is 0.0358. The standard InChI is InChI=1S/C23H23N7O/c31-23(16-3-2-11-24-13-16)27-17-8-6-15(7-9-17)21-14-25-22(29-21)20-5-1-4-18(28-20)19-10-12-26-30-19/h1,4-10,12,14,16,24H,2-3,11,13H2,(H,25,29)(H,26,30)(H,27,31)/t16-/m0/s1. The van der Waals surface area contributed by atoms with Crippen molar-refractivity contribution in [2.45, 2.75) is 12.8 Å². The van der Waals surface area contributed by atoms with Crippen molar-refractivity contribution in [1.82, 2.24) is 30.5 Å². The maximum Gasteiger partial charge on any atom is 0.228 e. The van der Waals surface area contributed by atoms with Crippen molar-refractivity contribution in [2.75, 3.05) is 18.4 Å². The van der Waals surface area contributed by atoms with Gasteiger partial charge in [-0.3, -0.25) is 9.89 Å². The molecule has 8 nitrogen and oxygen atoms in total. The Bertz CT molecular complexity index is 1160. The molecule has 5 rings (SSSR count). The molecule has 156 valence electrons. The number of nitrogens with one attached hydrogen (secondary N) is 4. The molecule has 0 spiro atoms. The highest BCUT2D eigenvalue weighted by molar-refractivity contribution is 5.93. The Balaban J connectivity index is 1.30. The van der Waals surface area contributed by atoms with Gasteiger partial charge in [0.05, 0.1) is 29.2 Å². The van der Waals surface area contributed by atoms with Gasteiger partial charge in [0.25, 0.3) is 0 Å². The van der Waals surface area contributed by atoms with Gasteiger partial charge in [0.2, 0.25) is 5.91 Å². The number of carbonyl (C=O) groups excluding carboxylic acids is 1. The van der Waals surface area contributed by atoms with E-state index >= 15 is 0 Å². The fourth-order valence-corrected chi connectivity index (χ4v) is 3.77. The SMILES string of the molecule is O=C(Nc1ccc(-c2cnc(-c3cccc(-c4ccn[nH]4)n3)[nH]2)cc1)[C@H]1CCCNC1. The summed E-state index contributed by atoms with van der Waals surface area (Å²) >= 11 is 0. The van der Waals surface area contributed by atoms with Crippen LogP contribution in [0.3, 0.4) is 0 Å². The molecule has 0 aliphatic carbocycles. The van der Waals surface area contributed by atoms with E-state index < -0.39 is 0 Å². The Hall–Kier alpha value is -3.78. The van der Waals surface area contributed by atoms with Gasteiger partial charge in [0, 0.05) is 18.4 Å². The Morgan fingerprint density at radius 2 is 1.90 bits per heavy atom. The number of hydrogen-bond donors (Lipinski definition) is 4. The van der Waals surface area contributed by atoms with E-state index in [0.717, 1.165) is 60.0 Å². The van der Waals surface area contributed by atoms with E-state index in [1.807, 2.05) is 48.5 Å². The lowest BCUT2D eigenvalue weighted by Crippen LogP contribution is -2.37. The van der Waals surface area contributed by atoms with Crippen molar-refractivity contribution >= 4 is 11.6 Å². The fourth-order valence-electron chi connectivity index (χ4n) is 3.77. The van der Waals surface area contributed by atoms with Crippen LogP contribution in [0, 0.1) is 5.92 Å². The summed E-state index contributed by atoms with van der Waals surface area (Å²) in [5.41, 5.74) is 5.09. The van der Waals surface area contributed by atoms with E-state index in [2.05, 4.69) is 35.8 Å². The van der Waals surface area contributed by atoms with Gasteiger partial charge in [0.15, 0.2) is 5.82 Å². The highest BCUT2D eigenvalue weighted by atomic mass is 16.1. The van der Waals surface area contributed by atoms with Crippen LogP contribution in [0.4, 0.5) is 5.69 Å². The number of hydrogen-bond acceptors (Lipinski definition) is 5. The zero-order valence-electron chi connectivity index (χ0n) is 16.9. The monoisotopic (exact) mass is 413 g/mol. The van der Waals surface area contributed by atoms with Gasteiger partial charge in [-0.25, -0.2) is 9.97 Å². The fraction of sp³-hybridized carbons (Fsp3) is 0.217. The van der Waals surface area contributed by atoms with Gasteiger partial charge in [-0.1, -0.05) is 18.2 Å². The number of anilines is 1. The molecule has 0 saturated carbocycles. The number of nitrogens with zero attached hydrogens (tertiary/aromatic N) is 3. The summed E-state index contributed by atoms with van der Waals surface area (Å²) in [5, 5.41) is 13.2. The van der Waals surface area contributed by atoms with Gasteiger partial charge in [-0.2, -0.15) is 5.10 Å². The molecule has 0 unspecified atom stereocenters. The molecule has 0 bridgehead atoms. The summed E-state index contributed by atoms with van der Waals surface area (Å²) in [6, 6.07) is 15.5. The van der Waals surface area contributed by atoms with Crippen LogP contribution in [0.5, 0.6) is 0 Å². The average Bonchev–Trinajstić information content (AvgIpc) is 3.53. The van der Waals surface area contributed by atoms with E-state index in [-0.39, 0.29) is 11.8 Å². The minimum atomic E-state index is 0.0358. The van der Waals surface area contributed by atoms with Crippen LogP contribution in [0.15, 0.2) is 60.9 Å². The molecule has 31 heavy (non-hydrogen) atoms. The lowest BCUT2D eigenvalue weighted by atomic mass is 9.99. The predicted molar refractivity (Wildman–Crippen MR) is 119 cm³/mol. The highest BCUT2D eigenvalue weighted by Crippen LogP contribution is 2.24. The molecule has 1 saturated heterocycles. The summed E-state index contributed by atoms with van der Waals surface area (Å²) in [7, 11) is 0. The van der Waals surface area contributed by atoms with E-state index in [1.165, 1.54) is 0 Å². The molecule has 1 aliphatic heterocycles. The van der Waals surface area contributed by atoms with Crippen LogP contribution in [0.25, 0.3) is 34.2 Å². The summed E-state index contributed by atoms with van der Waals surface area (Å²) < 4.78 is 0. The Labute approximate surface area is 179 Å². The van der Waals surface area contributed by atoms with E-state index in [9.17, 15) is 4.79 Å². The number of carbonyl (C=O) groups is 1. The molecular weight excluding hydrogens is 390 g/mol. The van der Waals surface area contributed by atoms with E-state index in [0.29, 0.717) is 5.82 Å². The lowest BCUT2D eigenvalue weighted by Gasteiger charge is -2.21. The summed E-state index contributed by atoms with van der Waals surface area (Å²) in [6.07, 6.45) is 5.47. The number of rotatable bonds is 5. The van der Waals surface area contributed by atoms with Crippen LogP contribution in [0.1, 0.15) is 12.8 Å². The number of imidazole rings is 1. The number of aromatic nitrogens is 5. The van der Waals surface area contributed by atoms with Gasteiger partial charge in [-0.15, -0.1) is 0 Å². The number of pyridine rings is 1. The van der Waals surface area contributed by atoms with Gasteiger partial charge >= 0.3 is 0 Å². The number of piperidine rings is 1. The summed E-state index contributed by atoms with van der Waals surface area (Å²) in [5.74, 6) is 0.805. The van der Waals surface area contributed by atoms with Gasteiger partial charge in [0.1, 0.15) is 5.69 Å². The summed E-state index contributed by atoms with van der Waals surface area (Å²) in [6.45, 7) is 1.74. The van der Waals surface area contributed by atoms with Crippen LogP contribution in [-0.2, 0) is 4.79 Å². The van der Waals surface area contributed by atoms with Crippen molar-refractivity contribution in [3.8, 4) is 34.2 Å². The highest BCUT2D eigenvalue weighted by Gasteiger charge is 2.20. The molecule has 4 aromatic rings. The van der Waals surface area contributed by atoms with Gasteiger partial charge < -0.3 is 15.6 Å². The molecule has 8 heteroatoms. The third-order valence-electron chi connectivity index (χ3n) is 5.48. The molecule has 1 amide bonds. The molecule has 1 aromatic carbocycles. The first-order chi connectivity index (χ1) is 15.3. The quantitative estimate of drug-likeness (QED) is 0.400. The molecule has 1 fully saturated rings. The molecule has 1 atom stereocenters. The average molecular weight is 413 g/mol. The maximum absolute atomic E-state index is 12.4. The second-order valence-electron chi connectivity index (χ2n) is 7.63. The van der Waals surface area contributed by atoms with Crippen molar-refractivity contribution in [2.24, 2.45) is 5.92 Å². The van der Waals surface area contributed by atoms with Gasteiger partial charge in [-0.05, 0) is 55.3 Å². The molecule has 3 aromatic heterocycles. The molecule has 4 N–H and O–H groups in total. The first kappa shape index (κ1) is 19.2. The zero-order valence-corrected chi connectivity index (χ0v) is 16.9. The van der Waals surface area contributed by atoms with Crippen LogP contribution in [-0.4, -0.2) is 44.1 Å². The number of H-pyrrole nitrogens is 2. The van der Waals surface area contributed by atoms with Crippen molar-refractivity contribution in [1.29, 1.82) is 0 Å². The molecule has 1 aliphatic rings. The second-order valence-corrected chi connectivity index (χ2v) is 7.63. The Morgan fingerprint density at radius 3 is 2.68 bits per heavy atom. The van der Waals surface area contributed by atoms with Crippen LogP contribution < -0.4 is 10.6 Å². The second kappa shape index (κ2) is 8.53. The normalized spacial score (nSPS) is 16.2. The minimum Gasteiger partial charge on any atom is -0.337 e. The topological polar surface area (TPSA) is 111 Å². The Morgan fingerprint density at radius 1 is 1.03 bits per heavy atom. The Kier molecular flexibility index (Phi) is 5.28. The van der Waals surface area contributed by atoms with Crippen LogP contribution >= 0.6 is 0 Å². The summed E-state index contributed by atoms with van der Waals surface area (Å²) in [4.78, 5) is 24.9. The van der Waals surface area contributed by atoms with Crippen molar-refractivity contribution < 1.29 is 4.79 Å². The zero-order chi connectivity index (χ0) is 21.0. The first-order valence-electron chi connectivity index (χ1n) is 10.4. The van der Waals surface area contributed by atoms with E-state index in [1.54, 1.807) is 12.4 Å². The smallest absolute Gasteiger partial charge is 0.228 e. The number of aromatic amines is 2. The maximum atomic E-state index is 12.4.